The molecule has 0 aliphatic rings. The van der Waals surface area contributed by atoms with E-state index < -0.39 is 18.1 Å². The maximum absolute atomic E-state index is 11.8. The second-order valence-electron chi connectivity index (χ2n) is 2.98. The molecule has 0 aliphatic heterocycles. The van der Waals surface area contributed by atoms with Gasteiger partial charge < -0.3 is 9.15 Å². The van der Waals surface area contributed by atoms with Gasteiger partial charge in [0.2, 0.25) is 5.76 Å². The quantitative estimate of drug-likeness (QED) is 0.706. The molecular weight excluding hydrogens is 225 g/mol. The lowest BCUT2D eigenvalue weighted by atomic mass is 10.2. The van der Waals surface area contributed by atoms with Crippen LogP contribution in [0, 0.1) is 0 Å². The Kier molecular flexibility index (Phi) is 2.34. The van der Waals surface area contributed by atoms with Gasteiger partial charge in [0, 0.05) is 5.39 Å². The second-order valence-corrected chi connectivity index (χ2v) is 2.98. The zero-order chi connectivity index (χ0) is 11.8. The fraction of sp³-hybridized carbons (Fsp3) is 0.100. The van der Waals surface area contributed by atoms with Gasteiger partial charge in [0.05, 0.1) is 0 Å². The molecule has 84 valence electrons. The first-order valence-corrected chi connectivity index (χ1v) is 4.24. The minimum Gasteiger partial charge on any atom is -0.449 e. The molecule has 0 saturated heterocycles. The molecule has 1 aromatic heterocycles. The first kappa shape index (κ1) is 10.5. The average Bonchev–Trinajstić information content (AvgIpc) is 2.58. The second kappa shape index (κ2) is 3.55. The largest absolute Gasteiger partial charge is 0.575 e. The molecule has 0 amide bonds. The van der Waals surface area contributed by atoms with Crippen molar-refractivity contribution in [2.24, 2.45) is 0 Å². The maximum Gasteiger partial charge on any atom is 0.575 e. The molecule has 0 bridgehead atoms. The minimum atomic E-state index is -5.00. The number of para-hydroxylation sites is 1. The van der Waals surface area contributed by atoms with Gasteiger partial charge in [-0.1, -0.05) is 18.2 Å². The highest BCUT2D eigenvalue weighted by atomic mass is 19.4. The molecule has 0 unspecified atom stereocenters. The van der Waals surface area contributed by atoms with Gasteiger partial charge in [0.25, 0.3) is 0 Å². The summed E-state index contributed by atoms with van der Waals surface area (Å²) in [6, 6.07) is 7.67. The van der Waals surface area contributed by atoms with Crippen LogP contribution in [0.1, 0.15) is 10.6 Å². The fourth-order valence-corrected chi connectivity index (χ4v) is 1.24. The summed E-state index contributed by atoms with van der Waals surface area (Å²) in [4.78, 5) is 11.0. The van der Waals surface area contributed by atoms with Crippen molar-refractivity contribution in [3.05, 3.63) is 36.1 Å². The van der Waals surface area contributed by atoms with Crippen molar-refractivity contribution in [1.82, 2.24) is 0 Å². The minimum absolute atomic E-state index is 0.330. The number of esters is 1. The standard InChI is InChI=1S/C10H5F3O3/c11-10(12,13)16-9(14)8-5-6-3-1-2-4-7(6)15-8/h1-5H. The van der Waals surface area contributed by atoms with Gasteiger partial charge in [0.15, 0.2) is 0 Å². The summed E-state index contributed by atoms with van der Waals surface area (Å²) in [6.07, 6.45) is -5.00. The summed E-state index contributed by atoms with van der Waals surface area (Å²) in [6.45, 7) is 0. The first-order valence-electron chi connectivity index (χ1n) is 4.24. The van der Waals surface area contributed by atoms with E-state index in [9.17, 15) is 18.0 Å². The Hall–Kier alpha value is -1.98. The molecule has 1 aromatic carbocycles. The molecule has 0 spiro atoms. The molecule has 3 nitrogen and oxygen atoms in total. The monoisotopic (exact) mass is 230 g/mol. The molecule has 16 heavy (non-hydrogen) atoms. The molecule has 0 saturated carbocycles. The Morgan fingerprint density at radius 3 is 2.56 bits per heavy atom. The predicted molar refractivity (Wildman–Crippen MR) is 47.7 cm³/mol. The van der Waals surface area contributed by atoms with E-state index in [0.717, 1.165) is 0 Å². The third-order valence-corrected chi connectivity index (χ3v) is 1.84. The van der Waals surface area contributed by atoms with E-state index in [4.69, 9.17) is 4.42 Å². The Bertz CT molecular complexity index is 494. The van der Waals surface area contributed by atoms with Gasteiger partial charge in [0.1, 0.15) is 5.58 Å². The summed E-state index contributed by atoms with van der Waals surface area (Å²) in [5.41, 5.74) is 0.330. The predicted octanol–water partition coefficient (Wildman–Crippen LogP) is 3.11. The normalized spacial score (nSPS) is 11.7. The van der Waals surface area contributed by atoms with E-state index >= 15 is 0 Å². The van der Waals surface area contributed by atoms with Crippen molar-refractivity contribution in [2.45, 2.75) is 6.36 Å². The van der Waals surface area contributed by atoms with Gasteiger partial charge in [-0.3, -0.25) is 0 Å². The van der Waals surface area contributed by atoms with Crippen LogP contribution in [-0.2, 0) is 4.74 Å². The molecular formula is C10H5F3O3. The average molecular weight is 230 g/mol. The highest BCUT2D eigenvalue weighted by molar-refractivity contribution is 5.92. The van der Waals surface area contributed by atoms with Crippen LogP contribution in [0.3, 0.4) is 0 Å². The molecule has 6 heteroatoms. The highest BCUT2D eigenvalue weighted by Gasteiger charge is 2.35. The lowest BCUT2D eigenvalue weighted by molar-refractivity contribution is -0.292. The zero-order valence-corrected chi connectivity index (χ0v) is 7.75. The number of furan rings is 1. The lowest BCUT2D eigenvalue weighted by Gasteiger charge is -2.04. The van der Waals surface area contributed by atoms with Gasteiger partial charge in [-0.25, -0.2) is 4.79 Å². The highest BCUT2D eigenvalue weighted by Crippen LogP contribution is 2.23. The molecule has 1 heterocycles. The van der Waals surface area contributed by atoms with Crippen LogP contribution in [0.15, 0.2) is 34.7 Å². The third-order valence-electron chi connectivity index (χ3n) is 1.84. The summed E-state index contributed by atoms with van der Waals surface area (Å²) < 4.78 is 43.4. The Balaban J connectivity index is 2.30. The molecule has 0 N–H and O–H groups in total. The molecule has 0 aliphatic carbocycles. The molecule has 0 radical (unpaired) electrons. The van der Waals surface area contributed by atoms with Crippen molar-refractivity contribution < 1.29 is 27.1 Å². The first-order chi connectivity index (χ1) is 7.46. The van der Waals surface area contributed by atoms with Crippen LogP contribution in [0.4, 0.5) is 13.2 Å². The van der Waals surface area contributed by atoms with E-state index in [1.807, 2.05) is 0 Å². The van der Waals surface area contributed by atoms with Crippen LogP contribution in [0.2, 0.25) is 0 Å². The maximum atomic E-state index is 11.8. The van der Waals surface area contributed by atoms with Crippen LogP contribution < -0.4 is 0 Å². The van der Waals surface area contributed by atoms with Crippen molar-refractivity contribution in [3.63, 3.8) is 0 Å². The lowest BCUT2D eigenvalue weighted by Crippen LogP contribution is -2.18. The Labute approximate surface area is 87.4 Å². The molecule has 2 rings (SSSR count). The molecule has 0 fully saturated rings. The van der Waals surface area contributed by atoms with Crippen LogP contribution >= 0.6 is 0 Å². The van der Waals surface area contributed by atoms with Crippen molar-refractivity contribution >= 4 is 16.9 Å². The van der Waals surface area contributed by atoms with Crippen LogP contribution in [0.25, 0.3) is 11.0 Å². The number of hydrogen-bond donors (Lipinski definition) is 0. The number of ether oxygens (including phenoxy) is 1. The number of alkyl halides is 3. The number of carbonyl (C=O) groups is 1. The van der Waals surface area contributed by atoms with Crippen molar-refractivity contribution in [3.8, 4) is 0 Å². The molecule has 2 aromatic rings. The molecule has 0 atom stereocenters. The zero-order valence-electron chi connectivity index (χ0n) is 7.75. The summed E-state index contributed by atoms with van der Waals surface area (Å²) >= 11 is 0. The topological polar surface area (TPSA) is 39.4 Å². The number of benzene rings is 1. The van der Waals surface area contributed by atoms with Gasteiger partial charge >= 0.3 is 12.3 Å². The Morgan fingerprint density at radius 1 is 1.25 bits per heavy atom. The number of rotatable bonds is 1. The van der Waals surface area contributed by atoms with Crippen molar-refractivity contribution in [1.29, 1.82) is 0 Å². The van der Waals surface area contributed by atoms with Gasteiger partial charge in [-0.15, -0.1) is 13.2 Å². The summed E-state index contributed by atoms with van der Waals surface area (Å²) in [5.74, 6) is -2.03. The SMILES string of the molecule is O=C(OC(F)(F)F)c1cc2ccccc2o1. The number of hydrogen-bond acceptors (Lipinski definition) is 3. The fourth-order valence-electron chi connectivity index (χ4n) is 1.24. The smallest absolute Gasteiger partial charge is 0.449 e. The van der Waals surface area contributed by atoms with Crippen LogP contribution in [0.5, 0.6) is 0 Å². The van der Waals surface area contributed by atoms with E-state index in [0.29, 0.717) is 11.0 Å². The summed E-state index contributed by atoms with van der Waals surface area (Å²) in [5, 5.41) is 0.539. The van der Waals surface area contributed by atoms with Crippen molar-refractivity contribution in [2.75, 3.05) is 0 Å². The number of fused-ring (bicyclic) bond motifs is 1. The van der Waals surface area contributed by atoms with E-state index in [1.165, 1.54) is 6.07 Å². The van der Waals surface area contributed by atoms with Gasteiger partial charge in [-0.05, 0) is 12.1 Å². The van der Waals surface area contributed by atoms with Gasteiger partial charge in [-0.2, -0.15) is 0 Å². The Morgan fingerprint density at radius 2 is 1.94 bits per heavy atom. The van der Waals surface area contributed by atoms with E-state index in [2.05, 4.69) is 4.74 Å². The number of carbonyl (C=O) groups excluding carboxylic acids is 1. The van der Waals surface area contributed by atoms with Crippen LogP contribution in [-0.4, -0.2) is 12.3 Å². The van der Waals surface area contributed by atoms with E-state index in [1.54, 1.807) is 24.3 Å². The number of halogens is 3. The van der Waals surface area contributed by atoms with E-state index in [-0.39, 0.29) is 0 Å². The third kappa shape index (κ3) is 2.16. The summed E-state index contributed by atoms with van der Waals surface area (Å²) in [7, 11) is 0.